The lowest BCUT2D eigenvalue weighted by Crippen LogP contribution is -2.27. The van der Waals surface area contributed by atoms with Crippen molar-refractivity contribution in [1.29, 1.82) is 0 Å². The van der Waals surface area contributed by atoms with Gasteiger partial charge in [0.1, 0.15) is 0 Å². The zero-order valence-corrected chi connectivity index (χ0v) is 16.2. The molecule has 0 saturated heterocycles. The van der Waals surface area contributed by atoms with Gasteiger partial charge in [0.25, 0.3) is 0 Å². The molecule has 1 fully saturated rings. The lowest BCUT2D eigenvalue weighted by molar-refractivity contribution is -0.118. The second-order valence-corrected chi connectivity index (χ2v) is 7.63. The number of carbonyl (C=O) groups excluding carboxylic acids is 2. The second-order valence-electron chi connectivity index (χ2n) is 7.63. The quantitative estimate of drug-likeness (QED) is 0.672. The van der Waals surface area contributed by atoms with Gasteiger partial charge in [-0.05, 0) is 65.9 Å². The predicted molar refractivity (Wildman–Crippen MR) is 115 cm³/mol. The molecule has 0 atom stereocenters. The van der Waals surface area contributed by atoms with Crippen molar-refractivity contribution < 1.29 is 20.5 Å². The van der Waals surface area contributed by atoms with Gasteiger partial charge in [0.2, 0.25) is 18.6 Å². The van der Waals surface area contributed by atoms with Crippen LogP contribution in [0.1, 0.15) is 30.2 Å². The average molecular weight is 402 g/mol. The molecular formula is C24H22N2O4. The third-order valence-corrected chi connectivity index (χ3v) is 5.71. The van der Waals surface area contributed by atoms with Gasteiger partial charge in [-0.2, -0.15) is 0 Å². The molecule has 1 heterocycles. The Morgan fingerprint density at radius 3 is 2.40 bits per heavy atom. The van der Waals surface area contributed by atoms with E-state index in [4.69, 9.17) is 15.2 Å². The topological polar surface area (TPSA) is 90.7 Å². The van der Waals surface area contributed by atoms with E-state index in [1.165, 1.54) is 0 Å². The van der Waals surface area contributed by atoms with Gasteiger partial charge < -0.3 is 20.5 Å². The maximum absolute atomic E-state index is 13.1. The Labute approximate surface area is 175 Å². The van der Waals surface area contributed by atoms with E-state index in [0.717, 1.165) is 29.5 Å². The minimum absolute atomic E-state index is 0. The van der Waals surface area contributed by atoms with Crippen LogP contribution in [0.3, 0.4) is 0 Å². The first-order valence-electron chi connectivity index (χ1n) is 9.77. The van der Waals surface area contributed by atoms with Crippen molar-refractivity contribution in [2.75, 3.05) is 12.1 Å². The maximum atomic E-state index is 13.1. The molecule has 0 radical (unpaired) electrons. The van der Waals surface area contributed by atoms with E-state index in [-0.39, 0.29) is 14.1 Å². The molecule has 6 nitrogen and oxygen atoms in total. The summed E-state index contributed by atoms with van der Waals surface area (Å²) in [5.74, 6) is 0.883. The number of nitrogens with two attached hydrogens (primary N) is 1. The first-order chi connectivity index (χ1) is 14.5. The normalized spacial score (nSPS) is 15.5. The third kappa shape index (κ3) is 3.16. The molecular weight excluding hydrogens is 380 g/mol. The van der Waals surface area contributed by atoms with Gasteiger partial charge in [-0.1, -0.05) is 30.3 Å². The molecule has 0 spiro atoms. The molecule has 3 aromatic rings. The summed E-state index contributed by atoms with van der Waals surface area (Å²) < 4.78 is 10.8. The lowest BCUT2D eigenvalue weighted by atomic mass is 9.94. The molecule has 0 unspecified atom stereocenters. The molecule has 3 aromatic carbocycles. The zero-order chi connectivity index (χ0) is 20.7. The highest BCUT2D eigenvalue weighted by Crippen LogP contribution is 2.51. The van der Waals surface area contributed by atoms with E-state index < -0.39 is 11.3 Å². The number of anilines is 1. The molecule has 3 N–H and O–H groups in total. The fraction of sp³-hybridized carbons (Fsp3) is 0.167. The standard InChI is InChI=1S/C24H20N2O4.H2/c25-22(27)17-5-1-3-15(11-17)16-4-2-6-19(12-16)26-23(28)24(9-10-24)18-7-8-20-21(13-18)30-14-29-20;/h1-8,11-13H,9-10,14H2,(H2,25,27)(H,26,28);1H. The molecule has 1 saturated carbocycles. The lowest BCUT2D eigenvalue weighted by Gasteiger charge is -2.17. The largest absolute Gasteiger partial charge is 0.454 e. The number of fused-ring (bicyclic) bond motifs is 1. The monoisotopic (exact) mass is 402 g/mol. The SMILES string of the molecule is NC(=O)c1cccc(-c2cccc(NC(=O)C3(c4ccc5c(c4)OCO5)CC3)c2)c1.[HH]. The number of rotatable bonds is 5. The molecule has 2 amide bonds. The van der Waals surface area contributed by atoms with Crippen LogP contribution in [-0.4, -0.2) is 18.6 Å². The van der Waals surface area contributed by atoms with Crippen LogP contribution in [-0.2, 0) is 10.2 Å². The van der Waals surface area contributed by atoms with Gasteiger partial charge in [-0.25, -0.2) is 0 Å². The number of hydrogen-bond donors (Lipinski definition) is 2. The van der Waals surface area contributed by atoms with Crippen LogP contribution in [0.5, 0.6) is 11.5 Å². The fourth-order valence-corrected chi connectivity index (χ4v) is 3.85. The first-order valence-corrected chi connectivity index (χ1v) is 9.77. The maximum Gasteiger partial charge on any atom is 0.248 e. The Bertz CT molecular complexity index is 1170. The molecule has 1 aliphatic carbocycles. The van der Waals surface area contributed by atoms with Gasteiger partial charge in [0.05, 0.1) is 5.41 Å². The molecule has 1 aliphatic heterocycles. The Morgan fingerprint density at radius 2 is 1.63 bits per heavy atom. The number of primary amides is 1. The van der Waals surface area contributed by atoms with Gasteiger partial charge in [0.15, 0.2) is 11.5 Å². The summed E-state index contributed by atoms with van der Waals surface area (Å²) >= 11 is 0. The van der Waals surface area contributed by atoms with Crippen molar-refractivity contribution in [3.63, 3.8) is 0 Å². The van der Waals surface area contributed by atoms with E-state index in [0.29, 0.717) is 22.7 Å². The van der Waals surface area contributed by atoms with Crippen molar-refractivity contribution >= 4 is 17.5 Å². The minimum atomic E-state index is -0.539. The number of amides is 2. The summed E-state index contributed by atoms with van der Waals surface area (Å²) in [6, 6.07) is 20.4. The van der Waals surface area contributed by atoms with Crippen LogP contribution in [0, 0.1) is 0 Å². The predicted octanol–water partition coefficient (Wildman–Crippen LogP) is 4.10. The number of nitrogens with one attached hydrogen (secondary N) is 1. The number of carbonyl (C=O) groups is 2. The summed E-state index contributed by atoms with van der Waals surface area (Å²) in [5.41, 5.74) is 8.69. The number of ether oxygens (including phenoxy) is 2. The highest BCUT2D eigenvalue weighted by molar-refractivity contribution is 6.02. The van der Waals surface area contributed by atoms with Crippen LogP contribution in [0.25, 0.3) is 11.1 Å². The van der Waals surface area contributed by atoms with E-state index in [9.17, 15) is 9.59 Å². The summed E-state index contributed by atoms with van der Waals surface area (Å²) in [6.07, 6.45) is 1.58. The first kappa shape index (κ1) is 18.2. The highest BCUT2D eigenvalue weighted by Gasteiger charge is 2.51. The number of benzene rings is 3. The molecule has 152 valence electrons. The summed E-state index contributed by atoms with van der Waals surface area (Å²) in [7, 11) is 0. The van der Waals surface area contributed by atoms with Gasteiger partial charge in [-0.15, -0.1) is 0 Å². The molecule has 2 aliphatic rings. The highest BCUT2D eigenvalue weighted by atomic mass is 16.7. The Kier molecular flexibility index (Phi) is 4.20. The smallest absolute Gasteiger partial charge is 0.248 e. The molecule has 5 rings (SSSR count). The van der Waals surface area contributed by atoms with Crippen LogP contribution in [0.4, 0.5) is 5.69 Å². The van der Waals surface area contributed by atoms with E-state index in [1.54, 1.807) is 18.2 Å². The van der Waals surface area contributed by atoms with E-state index in [1.807, 2.05) is 48.5 Å². The molecule has 0 aromatic heterocycles. The number of hydrogen-bond acceptors (Lipinski definition) is 4. The van der Waals surface area contributed by atoms with Crippen LogP contribution in [0.2, 0.25) is 0 Å². The Hall–Kier alpha value is -3.80. The Balaban J connectivity index is 0.00000231. The fourth-order valence-electron chi connectivity index (χ4n) is 3.85. The van der Waals surface area contributed by atoms with Crippen LogP contribution in [0.15, 0.2) is 66.7 Å². The van der Waals surface area contributed by atoms with Gasteiger partial charge in [-0.3, -0.25) is 9.59 Å². The minimum Gasteiger partial charge on any atom is -0.454 e. The van der Waals surface area contributed by atoms with Crippen molar-refractivity contribution in [1.82, 2.24) is 0 Å². The molecule has 0 bridgehead atoms. The Morgan fingerprint density at radius 1 is 0.900 bits per heavy atom. The van der Waals surface area contributed by atoms with Crippen molar-refractivity contribution in [2.24, 2.45) is 5.73 Å². The van der Waals surface area contributed by atoms with E-state index >= 15 is 0 Å². The van der Waals surface area contributed by atoms with Crippen molar-refractivity contribution in [3.8, 4) is 22.6 Å². The van der Waals surface area contributed by atoms with Gasteiger partial charge in [0, 0.05) is 12.7 Å². The van der Waals surface area contributed by atoms with Crippen LogP contribution >= 0.6 is 0 Å². The second kappa shape index (κ2) is 6.91. The average Bonchev–Trinajstić information content (AvgIpc) is 3.45. The summed E-state index contributed by atoms with van der Waals surface area (Å²) in [6.45, 7) is 0.210. The van der Waals surface area contributed by atoms with Crippen molar-refractivity contribution in [2.45, 2.75) is 18.3 Å². The summed E-state index contributed by atoms with van der Waals surface area (Å²) in [5, 5.41) is 3.06. The molecule has 6 heteroatoms. The summed E-state index contributed by atoms with van der Waals surface area (Å²) in [4.78, 5) is 24.6. The third-order valence-electron chi connectivity index (χ3n) is 5.71. The van der Waals surface area contributed by atoms with Crippen LogP contribution < -0.4 is 20.5 Å². The van der Waals surface area contributed by atoms with Gasteiger partial charge >= 0.3 is 0 Å². The van der Waals surface area contributed by atoms with Crippen molar-refractivity contribution in [3.05, 3.63) is 77.9 Å². The molecule has 30 heavy (non-hydrogen) atoms. The zero-order valence-electron chi connectivity index (χ0n) is 16.2. The van der Waals surface area contributed by atoms with E-state index in [2.05, 4.69) is 5.32 Å².